The van der Waals surface area contributed by atoms with Crippen molar-refractivity contribution in [3.8, 4) is 5.75 Å². The van der Waals surface area contributed by atoms with Crippen LogP contribution >= 0.6 is 0 Å². The molecule has 4 rings (SSSR count). The Morgan fingerprint density at radius 2 is 1.62 bits per heavy atom. The Kier molecular flexibility index (Phi) is 12.6. The van der Waals surface area contributed by atoms with Gasteiger partial charge >= 0.3 is 12.0 Å². The van der Waals surface area contributed by atoms with Crippen LogP contribution in [-0.2, 0) is 35.3 Å². The lowest BCUT2D eigenvalue weighted by Crippen LogP contribution is -2.64. The van der Waals surface area contributed by atoms with Gasteiger partial charge in [0, 0.05) is 6.54 Å². The number of ketones is 1. The van der Waals surface area contributed by atoms with Crippen LogP contribution in [0.3, 0.4) is 0 Å². The lowest BCUT2D eigenvalue weighted by molar-refractivity contribution is -0.154. The van der Waals surface area contributed by atoms with Crippen molar-refractivity contribution in [2.75, 3.05) is 13.7 Å². The van der Waals surface area contributed by atoms with E-state index in [0.717, 1.165) is 37.7 Å². The first-order valence-corrected chi connectivity index (χ1v) is 17.9. The largest absolute Gasteiger partial charge is 0.497 e. The number of amides is 5. The standard InChI is InChI=1S/C37H55N5O8/c1-22(2)25-19-28(32(45)39-27(18-23-10-11-23)29(43)31(38)44)42(20-25)33(46)30(36(3,4)5)40-35(48)41-37(16-8-7-9-17-37)34(47)50-21-24-12-14-26(49-6)15-13-24/h12-15,22-23,25,27-28,30H,7-11,16-21H2,1-6H3,(H2,38,44)(H,39,45)(H2,40,41,48)/t25-,27?,28+,30-/m1/s1. The van der Waals surface area contributed by atoms with Gasteiger partial charge < -0.3 is 36.1 Å². The van der Waals surface area contributed by atoms with Crippen molar-refractivity contribution in [1.29, 1.82) is 0 Å². The number of Topliss-reactive ketones (excluding diaryl/α,β-unsaturated/α-hetero) is 1. The van der Waals surface area contributed by atoms with Gasteiger partial charge in [0.05, 0.1) is 13.2 Å². The normalized spacial score (nSPS) is 21.5. The first kappa shape index (κ1) is 38.6. The van der Waals surface area contributed by atoms with Gasteiger partial charge in [-0.25, -0.2) is 9.59 Å². The Hall–Kier alpha value is -4.16. The maximum Gasteiger partial charge on any atom is 0.332 e. The number of carbonyl (C=O) groups is 6. The monoisotopic (exact) mass is 697 g/mol. The van der Waals surface area contributed by atoms with Crippen LogP contribution in [0.4, 0.5) is 4.79 Å². The van der Waals surface area contributed by atoms with Crippen molar-refractivity contribution >= 4 is 35.5 Å². The molecule has 50 heavy (non-hydrogen) atoms. The van der Waals surface area contributed by atoms with Crippen LogP contribution in [0.1, 0.15) is 98.0 Å². The lowest BCUT2D eigenvalue weighted by Gasteiger charge is -2.38. The number of hydrogen-bond donors (Lipinski definition) is 4. The molecule has 3 aliphatic rings. The molecule has 0 spiro atoms. The average molecular weight is 698 g/mol. The molecule has 2 aliphatic carbocycles. The molecule has 0 radical (unpaired) electrons. The van der Waals surface area contributed by atoms with Crippen molar-refractivity contribution in [1.82, 2.24) is 20.9 Å². The highest BCUT2D eigenvalue weighted by Crippen LogP contribution is 2.35. The average Bonchev–Trinajstić information content (AvgIpc) is 3.77. The molecule has 1 unspecified atom stereocenters. The number of nitrogens with zero attached hydrogens (tertiary/aromatic N) is 1. The molecule has 4 atom stereocenters. The highest BCUT2D eigenvalue weighted by Gasteiger charge is 2.48. The Morgan fingerprint density at radius 3 is 2.16 bits per heavy atom. The fraction of sp³-hybridized carbons (Fsp3) is 0.676. The third kappa shape index (κ3) is 9.75. The molecular formula is C37H55N5O8. The lowest BCUT2D eigenvalue weighted by atomic mass is 9.81. The van der Waals surface area contributed by atoms with Crippen LogP contribution in [0.2, 0.25) is 0 Å². The summed E-state index contributed by atoms with van der Waals surface area (Å²) in [7, 11) is 1.57. The molecule has 1 heterocycles. The summed E-state index contributed by atoms with van der Waals surface area (Å²) in [4.78, 5) is 81.4. The SMILES string of the molecule is COc1ccc(COC(=O)C2(NC(=O)N[C@H](C(=O)N3C[C@H](C(C)C)C[C@H]3C(=O)NC(CC3CC3)C(=O)C(N)=O)C(C)(C)C)CCCCC2)cc1. The third-order valence-electron chi connectivity index (χ3n) is 10.4. The van der Waals surface area contributed by atoms with Crippen LogP contribution < -0.4 is 26.4 Å². The maximum absolute atomic E-state index is 14.4. The maximum atomic E-state index is 14.4. The molecule has 5 N–H and O–H groups in total. The van der Waals surface area contributed by atoms with E-state index >= 15 is 0 Å². The summed E-state index contributed by atoms with van der Waals surface area (Å²) in [6.07, 6.45) is 5.65. The van der Waals surface area contributed by atoms with E-state index in [1.165, 1.54) is 4.90 Å². The van der Waals surface area contributed by atoms with Crippen molar-refractivity contribution in [3.63, 3.8) is 0 Å². The van der Waals surface area contributed by atoms with Gasteiger partial charge in [0.2, 0.25) is 17.6 Å². The van der Waals surface area contributed by atoms with Crippen LogP contribution in [0.25, 0.3) is 0 Å². The molecule has 1 aromatic rings. The minimum Gasteiger partial charge on any atom is -0.497 e. The number of benzene rings is 1. The highest BCUT2D eigenvalue weighted by atomic mass is 16.5. The smallest absolute Gasteiger partial charge is 0.332 e. The Labute approximate surface area is 295 Å². The van der Waals surface area contributed by atoms with Crippen LogP contribution in [-0.4, -0.2) is 77.7 Å². The fourth-order valence-corrected chi connectivity index (χ4v) is 6.94. The summed E-state index contributed by atoms with van der Waals surface area (Å²) in [6.45, 7) is 9.80. The number of ether oxygens (including phenoxy) is 2. The number of likely N-dealkylation sites (tertiary alicyclic amines) is 1. The zero-order valence-electron chi connectivity index (χ0n) is 30.3. The van der Waals surface area contributed by atoms with E-state index in [1.54, 1.807) is 31.4 Å². The van der Waals surface area contributed by atoms with E-state index in [9.17, 15) is 28.8 Å². The summed E-state index contributed by atoms with van der Waals surface area (Å²) < 4.78 is 10.9. The van der Waals surface area contributed by atoms with Crippen LogP contribution in [0.5, 0.6) is 5.75 Å². The van der Waals surface area contributed by atoms with Gasteiger partial charge in [0.25, 0.3) is 5.91 Å². The molecule has 5 amide bonds. The van der Waals surface area contributed by atoms with Gasteiger partial charge in [-0.15, -0.1) is 0 Å². The molecule has 3 fully saturated rings. The minimum atomic E-state index is -1.26. The Bertz CT molecular complexity index is 1410. The van der Waals surface area contributed by atoms with Gasteiger partial charge in [0.15, 0.2) is 0 Å². The van der Waals surface area contributed by atoms with E-state index < -0.39 is 64.6 Å². The van der Waals surface area contributed by atoms with Crippen molar-refractivity contribution < 1.29 is 38.2 Å². The van der Waals surface area contributed by atoms with E-state index in [4.69, 9.17) is 15.2 Å². The number of carbonyl (C=O) groups excluding carboxylic acids is 6. The number of esters is 1. The van der Waals surface area contributed by atoms with Crippen LogP contribution in [0, 0.1) is 23.2 Å². The fourth-order valence-electron chi connectivity index (χ4n) is 6.94. The molecule has 2 saturated carbocycles. The second kappa shape index (κ2) is 16.2. The second-order valence-electron chi connectivity index (χ2n) is 15.7. The van der Waals surface area contributed by atoms with Crippen LogP contribution in [0.15, 0.2) is 24.3 Å². The molecule has 276 valence electrons. The molecule has 13 nitrogen and oxygen atoms in total. The molecule has 1 aromatic carbocycles. The molecule has 0 bridgehead atoms. The van der Waals surface area contributed by atoms with Crippen molar-refractivity contribution in [2.24, 2.45) is 28.9 Å². The summed E-state index contributed by atoms with van der Waals surface area (Å²) in [5.74, 6) is -2.43. The molecule has 1 saturated heterocycles. The number of hydrogen-bond acceptors (Lipinski definition) is 8. The third-order valence-corrected chi connectivity index (χ3v) is 10.4. The van der Waals surface area contributed by atoms with Gasteiger partial charge in [-0.1, -0.05) is 78.9 Å². The van der Waals surface area contributed by atoms with E-state index in [2.05, 4.69) is 16.0 Å². The van der Waals surface area contributed by atoms with Gasteiger partial charge in [-0.2, -0.15) is 0 Å². The predicted octanol–water partition coefficient (Wildman–Crippen LogP) is 3.37. The van der Waals surface area contributed by atoms with Gasteiger partial charge in [0.1, 0.15) is 30.0 Å². The topological polar surface area (TPSA) is 186 Å². The number of rotatable bonds is 14. The van der Waals surface area contributed by atoms with E-state index in [1.807, 2.05) is 34.6 Å². The summed E-state index contributed by atoms with van der Waals surface area (Å²) in [5, 5.41) is 8.48. The quantitative estimate of drug-likeness (QED) is 0.168. The molecular weight excluding hydrogens is 642 g/mol. The van der Waals surface area contributed by atoms with Gasteiger partial charge in [-0.05, 0) is 66.5 Å². The molecule has 0 aromatic heterocycles. The first-order valence-electron chi connectivity index (χ1n) is 17.9. The number of nitrogens with one attached hydrogen (secondary N) is 3. The summed E-state index contributed by atoms with van der Waals surface area (Å²) >= 11 is 0. The zero-order chi connectivity index (χ0) is 36.8. The number of nitrogens with two attached hydrogens (primary N) is 1. The summed E-state index contributed by atoms with van der Waals surface area (Å²) in [6, 6.07) is 3.45. The van der Waals surface area contributed by atoms with Crippen molar-refractivity contribution in [3.05, 3.63) is 29.8 Å². The zero-order valence-corrected chi connectivity index (χ0v) is 30.3. The summed E-state index contributed by atoms with van der Waals surface area (Å²) in [5.41, 5.74) is 4.03. The van der Waals surface area contributed by atoms with E-state index in [-0.39, 0.29) is 30.9 Å². The molecule has 13 heteroatoms. The highest BCUT2D eigenvalue weighted by molar-refractivity contribution is 6.37. The second-order valence-corrected chi connectivity index (χ2v) is 15.7. The van der Waals surface area contributed by atoms with E-state index in [0.29, 0.717) is 31.4 Å². The number of primary amides is 1. The first-order chi connectivity index (χ1) is 23.5. The van der Waals surface area contributed by atoms with Gasteiger partial charge in [-0.3, -0.25) is 19.2 Å². The minimum absolute atomic E-state index is 0.0103. The van der Waals surface area contributed by atoms with Crippen molar-refractivity contribution in [2.45, 2.75) is 123 Å². The Morgan fingerprint density at radius 1 is 0.980 bits per heavy atom. The Balaban J connectivity index is 1.50. The number of methoxy groups -OCH3 is 1. The predicted molar refractivity (Wildman–Crippen MR) is 185 cm³/mol. The molecule has 1 aliphatic heterocycles. The number of urea groups is 1.